The summed E-state index contributed by atoms with van der Waals surface area (Å²) < 4.78 is 15.3. The predicted molar refractivity (Wildman–Crippen MR) is 109 cm³/mol. The number of aryl methyl sites for hydroxylation is 2. The standard InChI is InChI=1S/C22H24FN5O/c1-14(20(29)11-15-6-4-7-16(23)10-15)28(3)22-17-8-5-9-18(17)25-21(26-22)19-12-27(2)13-24-19/h4,6-7,10,12-14H,5,8-9,11H2,1-3H3/t14-/m1/s1. The number of nitrogens with zero attached hydrogens (tertiary/aromatic N) is 5. The minimum absolute atomic E-state index is 0.0165. The maximum absolute atomic E-state index is 13.5. The summed E-state index contributed by atoms with van der Waals surface area (Å²) in [7, 11) is 3.79. The number of hydrogen-bond donors (Lipinski definition) is 0. The molecule has 2 aromatic heterocycles. The Balaban J connectivity index is 1.62. The van der Waals surface area contributed by atoms with E-state index in [1.807, 2.05) is 36.7 Å². The van der Waals surface area contributed by atoms with Crippen molar-refractivity contribution in [3.63, 3.8) is 0 Å². The molecule has 1 aromatic carbocycles. The number of halogens is 1. The molecule has 0 fully saturated rings. The summed E-state index contributed by atoms with van der Waals surface area (Å²) in [5.41, 5.74) is 3.54. The van der Waals surface area contributed by atoms with E-state index in [2.05, 4.69) is 4.98 Å². The number of fused-ring (bicyclic) bond motifs is 1. The highest BCUT2D eigenvalue weighted by atomic mass is 19.1. The minimum atomic E-state index is -0.394. The molecule has 1 aliphatic rings. The number of hydrogen-bond acceptors (Lipinski definition) is 5. The van der Waals surface area contributed by atoms with Crippen LogP contribution in [0.3, 0.4) is 0 Å². The molecular weight excluding hydrogens is 369 g/mol. The van der Waals surface area contributed by atoms with Crippen LogP contribution < -0.4 is 4.90 Å². The first-order chi connectivity index (χ1) is 13.9. The van der Waals surface area contributed by atoms with Crippen molar-refractivity contribution in [3.8, 4) is 11.5 Å². The van der Waals surface area contributed by atoms with E-state index in [1.54, 1.807) is 18.5 Å². The third kappa shape index (κ3) is 3.90. The molecule has 0 saturated carbocycles. The molecule has 0 saturated heterocycles. The van der Waals surface area contributed by atoms with E-state index in [0.29, 0.717) is 11.4 Å². The van der Waals surface area contributed by atoms with Crippen molar-refractivity contribution < 1.29 is 9.18 Å². The second-order valence-electron chi connectivity index (χ2n) is 7.63. The molecule has 3 aromatic rings. The summed E-state index contributed by atoms with van der Waals surface area (Å²) in [4.78, 5) is 28.7. The Kier molecular flexibility index (Phi) is 5.13. The van der Waals surface area contributed by atoms with E-state index in [4.69, 9.17) is 9.97 Å². The lowest BCUT2D eigenvalue weighted by atomic mass is 10.0. The molecule has 0 radical (unpaired) electrons. The smallest absolute Gasteiger partial charge is 0.182 e. The van der Waals surface area contributed by atoms with Crippen molar-refractivity contribution in [2.75, 3.05) is 11.9 Å². The summed E-state index contributed by atoms with van der Waals surface area (Å²) in [6.07, 6.45) is 6.64. The third-order valence-corrected chi connectivity index (χ3v) is 5.49. The predicted octanol–water partition coefficient (Wildman–Crippen LogP) is 3.14. The van der Waals surface area contributed by atoms with Gasteiger partial charge in [0.25, 0.3) is 0 Å². The quantitative estimate of drug-likeness (QED) is 0.644. The van der Waals surface area contributed by atoms with E-state index in [-0.39, 0.29) is 18.0 Å². The number of anilines is 1. The Labute approximate surface area is 169 Å². The molecule has 1 atom stereocenters. The molecule has 0 spiro atoms. The van der Waals surface area contributed by atoms with Crippen molar-refractivity contribution in [1.29, 1.82) is 0 Å². The van der Waals surface area contributed by atoms with Crippen LogP contribution in [0, 0.1) is 5.82 Å². The van der Waals surface area contributed by atoms with Crippen molar-refractivity contribution in [2.45, 2.75) is 38.6 Å². The van der Waals surface area contributed by atoms with Crippen LogP contribution in [-0.2, 0) is 31.1 Å². The SMILES string of the molecule is C[C@H](C(=O)Cc1cccc(F)c1)N(C)c1nc(-c2cn(C)cn2)nc2c1CCC2. The maximum atomic E-state index is 13.5. The fraction of sp³-hybridized carbons (Fsp3) is 0.364. The molecule has 4 rings (SSSR count). The monoisotopic (exact) mass is 393 g/mol. The molecule has 0 aliphatic heterocycles. The van der Waals surface area contributed by atoms with Crippen LogP contribution in [0.2, 0.25) is 0 Å². The zero-order valence-electron chi connectivity index (χ0n) is 16.9. The van der Waals surface area contributed by atoms with Crippen molar-refractivity contribution in [2.24, 2.45) is 7.05 Å². The van der Waals surface area contributed by atoms with Gasteiger partial charge < -0.3 is 9.47 Å². The molecule has 0 amide bonds. The Bertz CT molecular complexity index is 1060. The molecule has 1 aliphatic carbocycles. The average molecular weight is 393 g/mol. The number of carbonyl (C=O) groups is 1. The average Bonchev–Trinajstić information content (AvgIpc) is 3.34. The van der Waals surface area contributed by atoms with Gasteiger partial charge in [-0.2, -0.15) is 0 Å². The van der Waals surface area contributed by atoms with Gasteiger partial charge in [0, 0.05) is 38.0 Å². The lowest BCUT2D eigenvalue weighted by Crippen LogP contribution is -2.38. The van der Waals surface area contributed by atoms with Gasteiger partial charge in [-0.1, -0.05) is 12.1 Å². The highest BCUT2D eigenvalue weighted by Crippen LogP contribution is 2.31. The number of carbonyl (C=O) groups excluding carboxylic acids is 1. The van der Waals surface area contributed by atoms with Gasteiger partial charge >= 0.3 is 0 Å². The largest absolute Gasteiger partial charge is 0.350 e. The fourth-order valence-corrected chi connectivity index (χ4v) is 3.74. The normalized spacial score (nSPS) is 13.9. The van der Waals surface area contributed by atoms with Crippen molar-refractivity contribution in [1.82, 2.24) is 19.5 Å². The Morgan fingerprint density at radius 1 is 1.31 bits per heavy atom. The second-order valence-corrected chi connectivity index (χ2v) is 7.63. The van der Waals surface area contributed by atoms with Crippen LogP contribution in [0.5, 0.6) is 0 Å². The number of Topliss-reactive ketones (excluding diaryl/α,β-unsaturated/α-hetero) is 1. The van der Waals surface area contributed by atoms with Gasteiger partial charge in [-0.15, -0.1) is 0 Å². The molecule has 29 heavy (non-hydrogen) atoms. The van der Waals surface area contributed by atoms with Gasteiger partial charge in [-0.25, -0.2) is 19.3 Å². The molecule has 0 bridgehead atoms. The number of aromatic nitrogens is 4. The van der Waals surface area contributed by atoms with E-state index >= 15 is 0 Å². The Morgan fingerprint density at radius 2 is 2.14 bits per heavy atom. The number of likely N-dealkylation sites (N-methyl/N-ethyl adjacent to an activating group) is 1. The van der Waals surface area contributed by atoms with E-state index in [9.17, 15) is 9.18 Å². The lowest BCUT2D eigenvalue weighted by molar-refractivity contribution is -0.119. The first-order valence-electron chi connectivity index (χ1n) is 9.80. The van der Waals surface area contributed by atoms with Gasteiger partial charge in [0.2, 0.25) is 0 Å². The van der Waals surface area contributed by atoms with Crippen molar-refractivity contribution in [3.05, 3.63) is 59.4 Å². The Hall–Kier alpha value is -3.09. The third-order valence-electron chi connectivity index (χ3n) is 5.49. The van der Waals surface area contributed by atoms with E-state index in [1.165, 1.54) is 12.1 Å². The topological polar surface area (TPSA) is 63.9 Å². The van der Waals surface area contributed by atoms with Crippen LogP contribution in [0.15, 0.2) is 36.8 Å². The van der Waals surface area contributed by atoms with Gasteiger partial charge in [0.05, 0.1) is 12.4 Å². The molecule has 7 heteroatoms. The van der Waals surface area contributed by atoms with E-state index in [0.717, 1.165) is 42.0 Å². The van der Waals surface area contributed by atoms with Crippen molar-refractivity contribution >= 4 is 11.6 Å². The first-order valence-corrected chi connectivity index (χ1v) is 9.80. The number of imidazole rings is 1. The molecule has 150 valence electrons. The molecule has 6 nitrogen and oxygen atoms in total. The summed E-state index contributed by atoms with van der Waals surface area (Å²) in [5.74, 6) is 1.05. The zero-order valence-corrected chi connectivity index (χ0v) is 16.9. The minimum Gasteiger partial charge on any atom is -0.350 e. The summed E-state index contributed by atoms with van der Waals surface area (Å²) >= 11 is 0. The number of ketones is 1. The van der Waals surface area contributed by atoms with Gasteiger partial charge in [-0.05, 0) is 43.9 Å². The van der Waals surface area contributed by atoms with Crippen LogP contribution in [0.1, 0.15) is 30.2 Å². The second kappa shape index (κ2) is 7.73. The number of benzene rings is 1. The maximum Gasteiger partial charge on any atom is 0.182 e. The zero-order chi connectivity index (χ0) is 20.5. The summed E-state index contributed by atoms with van der Waals surface area (Å²) in [5, 5.41) is 0. The summed E-state index contributed by atoms with van der Waals surface area (Å²) in [6.45, 7) is 1.87. The molecule has 0 unspecified atom stereocenters. The Morgan fingerprint density at radius 3 is 2.86 bits per heavy atom. The van der Waals surface area contributed by atoms with Crippen LogP contribution >= 0.6 is 0 Å². The highest BCUT2D eigenvalue weighted by Gasteiger charge is 2.27. The van der Waals surface area contributed by atoms with Gasteiger partial charge in [0.15, 0.2) is 11.6 Å². The summed E-state index contributed by atoms with van der Waals surface area (Å²) in [6, 6.07) is 5.80. The van der Waals surface area contributed by atoms with Crippen LogP contribution in [-0.4, -0.2) is 38.4 Å². The first kappa shape index (κ1) is 19.2. The highest BCUT2D eigenvalue weighted by molar-refractivity contribution is 5.88. The molecule has 2 heterocycles. The van der Waals surface area contributed by atoms with Gasteiger partial charge in [-0.3, -0.25) is 4.79 Å². The lowest BCUT2D eigenvalue weighted by Gasteiger charge is -2.27. The van der Waals surface area contributed by atoms with Crippen LogP contribution in [0.4, 0.5) is 10.2 Å². The fourth-order valence-electron chi connectivity index (χ4n) is 3.74. The van der Waals surface area contributed by atoms with Gasteiger partial charge in [0.1, 0.15) is 17.3 Å². The van der Waals surface area contributed by atoms with E-state index < -0.39 is 6.04 Å². The molecule has 0 N–H and O–H groups in total. The molecular formula is C22H24FN5O. The number of rotatable bonds is 6. The van der Waals surface area contributed by atoms with Crippen LogP contribution in [0.25, 0.3) is 11.5 Å².